The van der Waals surface area contributed by atoms with E-state index in [4.69, 9.17) is 10.5 Å². The lowest BCUT2D eigenvalue weighted by atomic mass is 10.1. The second-order valence-corrected chi connectivity index (χ2v) is 5.90. The van der Waals surface area contributed by atoms with E-state index in [1.807, 2.05) is 11.3 Å². The molecule has 0 spiro atoms. The van der Waals surface area contributed by atoms with Crippen molar-refractivity contribution in [1.82, 2.24) is 4.90 Å². The Kier molecular flexibility index (Phi) is 4.56. The van der Waals surface area contributed by atoms with Gasteiger partial charge in [-0.25, -0.2) is 0 Å². The van der Waals surface area contributed by atoms with Crippen molar-refractivity contribution in [3.63, 3.8) is 0 Å². The Hall–Kier alpha value is -0.420. The van der Waals surface area contributed by atoms with Crippen LogP contribution in [0.3, 0.4) is 0 Å². The lowest BCUT2D eigenvalue weighted by Crippen LogP contribution is -2.38. The number of hydrogen-bond donors (Lipinski definition) is 1. The molecule has 17 heavy (non-hydrogen) atoms. The fraction of sp³-hybridized carbons (Fsp3) is 0.692. The van der Waals surface area contributed by atoms with Gasteiger partial charge in [-0.2, -0.15) is 0 Å². The second kappa shape index (κ2) is 5.96. The molecule has 3 atom stereocenters. The quantitative estimate of drug-likeness (QED) is 0.874. The zero-order valence-electron chi connectivity index (χ0n) is 10.6. The van der Waals surface area contributed by atoms with Crippen LogP contribution in [0, 0.1) is 5.92 Å². The molecule has 96 valence electrons. The fourth-order valence-electron chi connectivity index (χ4n) is 2.72. The maximum Gasteiger partial charge on any atom is 0.0590 e. The third-order valence-corrected chi connectivity index (χ3v) is 4.39. The van der Waals surface area contributed by atoms with Crippen molar-refractivity contribution in [2.45, 2.75) is 25.4 Å². The molecule has 3 nitrogen and oxygen atoms in total. The summed E-state index contributed by atoms with van der Waals surface area (Å²) in [5, 5.41) is 2.13. The SMILES string of the molecule is COCC1CCN(C(c2cccs2)C(C)N)C1. The summed E-state index contributed by atoms with van der Waals surface area (Å²) in [7, 11) is 1.78. The highest BCUT2D eigenvalue weighted by atomic mass is 32.1. The summed E-state index contributed by atoms with van der Waals surface area (Å²) in [6.45, 7) is 5.22. The first-order chi connectivity index (χ1) is 8.22. The highest BCUT2D eigenvalue weighted by Gasteiger charge is 2.31. The maximum absolute atomic E-state index is 6.16. The van der Waals surface area contributed by atoms with Crippen LogP contribution in [0.2, 0.25) is 0 Å². The van der Waals surface area contributed by atoms with Crippen LogP contribution >= 0.6 is 11.3 Å². The first kappa shape index (κ1) is 13.0. The summed E-state index contributed by atoms with van der Waals surface area (Å²) < 4.78 is 5.25. The van der Waals surface area contributed by atoms with Gasteiger partial charge in [0.2, 0.25) is 0 Å². The van der Waals surface area contributed by atoms with Crippen LogP contribution < -0.4 is 5.73 Å². The van der Waals surface area contributed by atoms with Gasteiger partial charge in [0.1, 0.15) is 0 Å². The van der Waals surface area contributed by atoms with Gasteiger partial charge in [-0.05, 0) is 37.3 Å². The van der Waals surface area contributed by atoms with E-state index in [0.29, 0.717) is 12.0 Å². The highest BCUT2D eigenvalue weighted by Crippen LogP contribution is 2.32. The molecule has 0 saturated carbocycles. The van der Waals surface area contributed by atoms with Gasteiger partial charge in [0.25, 0.3) is 0 Å². The van der Waals surface area contributed by atoms with Gasteiger partial charge in [-0.15, -0.1) is 11.3 Å². The minimum Gasteiger partial charge on any atom is -0.384 e. The molecule has 3 unspecified atom stereocenters. The molecule has 2 rings (SSSR count). The summed E-state index contributed by atoms with van der Waals surface area (Å²) in [5.74, 6) is 0.668. The number of rotatable bonds is 5. The van der Waals surface area contributed by atoms with Gasteiger partial charge in [0.15, 0.2) is 0 Å². The number of likely N-dealkylation sites (tertiary alicyclic amines) is 1. The average Bonchev–Trinajstić information content (AvgIpc) is 2.91. The van der Waals surface area contributed by atoms with Crippen molar-refractivity contribution in [2.24, 2.45) is 11.7 Å². The Bertz CT molecular complexity index is 326. The largest absolute Gasteiger partial charge is 0.384 e. The molecule has 0 radical (unpaired) electrons. The average molecular weight is 254 g/mol. The van der Waals surface area contributed by atoms with E-state index in [9.17, 15) is 0 Å². The number of thiophene rings is 1. The summed E-state index contributed by atoms with van der Waals surface area (Å²) in [6, 6.07) is 4.85. The maximum atomic E-state index is 6.16. The van der Waals surface area contributed by atoms with Gasteiger partial charge in [-0.3, -0.25) is 4.90 Å². The molecule has 0 aromatic carbocycles. The van der Waals surface area contributed by atoms with Gasteiger partial charge < -0.3 is 10.5 Å². The van der Waals surface area contributed by atoms with Gasteiger partial charge in [0, 0.05) is 24.6 Å². The number of nitrogens with two attached hydrogens (primary N) is 1. The van der Waals surface area contributed by atoms with Crippen molar-refractivity contribution in [1.29, 1.82) is 0 Å². The van der Waals surface area contributed by atoms with Crippen LogP contribution in [0.25, 0.3) is 0 Å². The number of hydrogen-bond acceptors (Lipinski definition) is 4. The van der Waals surface area contributed by atoms with Crippen molar-refractivity contribution in [3.8, 4) is 0 Å². The Morgan fingerprint density at radius 3 is 3.06 bits per heavy atom. The fourth-order valence-corrected chi connectivity index (χ4v) is 3.69. The van der Waals surface area contributed by atoms with Gasteiger partial charge in [-0.1, -0.05) is 6.07 Å². The third kappa shape index (κ3) is 3.07. The molecule has 1 aromatic heterocycles. The Balaban J connectivity index is 2.03. The van der Waals surface area contributed by atoms with Crippen LogP contribution in [-0.2, 0) is 4.74 Å². The molecule has 0 amide bonds. The van der Waals surface area contributed by atoms with E-state index in [-0.39, 0.29) is 6.04 Å². The van der Waals surface area contributed by atoms with E-state index < -0.39 is 0 Å². The topological polar surface area (TPSA) is 38.5 Å². The molecule has 0 bridgehead atoms. The highest BCUT2D eigenvalue weighted by molar-refractivity contribution is 7.10. The van der Waals surface area contributed by atoms with E-state index in [1.54, 1.807) is 7.11 Å². The lowest BCUT2D eigenvalue weighted by molar-refractivity contribution is 0.144. The van der Waals surface area contributed by atoms with E-state index in [0.717, 1.165) is 19.7 Å². The molecular weight excluding hydrogens is 232 g/mol. The molecule has 1 saturated heterocycles. The molecule has 1 aromatic rings. The zero-order valence-corrected chi connectivity index (χ0v) is 11.5. The Morgan fingerprint density at radius 2 is 2.47 bits per heavy atom. The minimum atomic E-state index is 0.176. The molecule has 0 aliphatic carbocycles. The predicted octanol–water partition coefficient (Wildman–Crippen LogP) is 2.10. The normalized spacial score (nSPS) is 25.0. The molecule has 4 heteroatoms. The van der Waals surface area contributed by atoms with Gasteiger partial charge >= 0.3 is 0 Å². The van der Waals surface area contributed by atoms with Crippen LogP contribution in [-0.4, -0.2) is 37.7 Å². The molecule has 1 fully saturated rings. The summed E-state index contributed by atoms with van der Waals surface area (Å²) in [6.07, 6.45) is 1.22. The first-order valence-electron chi connectivity index (χ1n) is 6.24. The monoisotopic (exact) mass is 254 g/mol. The van der Waals surface area contributed by atoms with E-state index in [1.165, 1.54) is 11.3 Å². The van der Waals surface area contributed by atoms with Crippen LogP contribution in [0.1, 0.15) is 24.3 Å². The van der Waals surface area contributed by atoms with E-state index >= 15 is 0 Å². The van der Waals surface area contributed by atoms with Gasteiger partial charge in [0.05, 0.1) is 12.6 Å². The summed E-state index contributed by atoms with van der Waals surface area (Å²) in [5.41, 5.74) is 6.16. The van der Waals surface area contributed by atoms with Crippen LogP contribution in [0.4, 0.5) is 0 Å². The Morgan fingerprint density at radius 1 is 1.65 bits per heavy atom. The number of nitrogens with zero attached hydrogens (tertiary/aromatic N) is 1. The van der Waals surface area contributed by atoms with Crippen LogP contribution in [0.5, 0.6) is 0 Å². The van der Waals surface area contributed by atoms with Crippen molar-refractivity contribution in [3.05, 3.63) is 22.4 Å². The number of methoxy groups -OCH3 is 1. The molecule has 1 aliphatic rings. The Labute approximate surface area is 108 Å². The van der Waals surface area contributed by atoms with Crippen LogP contribution in [0.15, 0.2) is 17.5 Å². The summed E-state index contributed by atoms with van der Waals surface area (Å²) >= 11 is 1.81. The predicted molar refractivity (Wildman–Crippen MR) is 72.3 cm³/mol. The number of ether oxygens (including phenoxy) is 1. The molecule has 2 N–H and O–H groups in total. The minimum absolute atomic E-state index is 0.176. The molecule has 1 aliphatic heterocycles. The van der Waals surface area contributed by atoms with Crippen molar-refractivity contribution < 1.29 is 4.74 Å². The van der Waals surface area contributed by atoms with Crippen molar-refractivity contribution in [2.75, 3.05) is 26.8 Å². The lowest BCUT2D eigenvalue weighted by Gasteiger charge is -2.30. The third-order valence-electron chi connectivity index (χ3n) is 3.45. The standard InChI is InChI=1S/C13H22N2OS/c1-10(14)13(12-4-3-7-17-12)15-6-5-11(8-15)9-16-2/h3-4,7,10-11,13H,5-6,8-9,14H2,1-2H3. The smallest absolute Gasteiger partial charge is 0.0590 e. The zero-order chi connectivity index (χ0) is 12.3. The summed E-state index contributed by atoms with van der Waals surface area (Å²) in [4.78, 5) is 3.90. The second-order valence-electron chi connectivity index (χ2n) is 4.92. The molecular formula is C13H22N2OS. The molecule has 2 heterocycles. The van der Waals surface area contributed by atoms with E-state index in [2.05, 4.69) is 29.3 Å². The first-order valence-corrected chi connectivity index (χ1v) is 7.12. The van der Waals surface area contributed by atoms with Crippen molar-refractivity contribution >= 4 is 11.3 Å².